The summed E-state index contributed by atoms with van der Waals surface area (Å²) in [4.78, 5) is 0. The topological polar surface area (TPSA) is 43.4 Å². The number of hydrogen-bond donors (Lipinski definition) is 0. The molecule has 0 bridgehead atoms. The Morgan fingerprint density at radius 2 is 1.92 bits per heavy atom. The van der Waals surface area contributed by atoms with E-state index in [1.54, 1.807) is 0 Å². The van der Waals surface area contributed by atoms with E-state index in [4.69, 9.17) is 15.4 Å². The predicted octanol–water partition coefficient (Wildman–Crippen LogP) is 1.51. The van der Waals surface area contributed by atoms with Crippen LogP contribution in [0.3, 0.4) is 0 Å². The van der Waals surface area contributed by atoms with Gasteiger partial charge in [-0.25, -0.2) is 8.42 Å². The molecule has 3 nitrogen and oxygen atoms in total. The van der Waals surface area contributed by atoms with Crippen LogP contribution in [-0.4, -0.2) is 26.4 Å². The van der Waals surface area contributed by atoms with Gasteiger partial charge in [-0.15, -0.1) is 0 Å². The van der Waals surface area contributed by atoms with Crippen LogP contribution in [0.25, 0.3) is 0 Å². The second-order valence-electron chi connectivity index (χ2n) is 3.92. The zero-order valence-corrected chi connectivity index (χ0v) is 8.85. The zero-order valence-electron chi connectivity index (χ0n) is 7.28. The standard InChI is InChI=1S/C8H13ClO3S/c9-13(10,11)5-7-3-4-8(12-7)6-1-2-6/h6-8H,1-5H2. The lowest BCUT2D eigenvalue weighted by atomic mass is 10.1. The molecule has 0 N–H and O–H groups in total. The van der Waals surface area contributed by atoms with Crippen LogP contribution in [0.15, 0.2) is 0 Å². The highest BCUT2D eigenvalue weighted by Gasteiger charge is 2.38. The van der Waals surface area contributed by atoms with Crippen molar-refractivity contribution in [2.45, 2.75) is 37.9 Å². The van der Waals surface area contributed by atoms with E-state index in [2.05, 4.69) is 0 Å². The molecule has 1 saturated carbocycles. The number of hydrogen-bond acceptors (Lipinski definition) is 3. The Bertz CT molecular complexity index is 284. The molecule has 2 atom stereocenters. The van der Waals surface area contributed by atoms with Crippen LogP contribution < -0.4 is 0 Å². The van der Waals surface area contributed by atoms with E-state index in [0.717, 1.165) is 12.8 Å². The van der Waals surface area contributed by atoms with Gasteiger partial charge in [-0.05, 0) is 31.6 Å². The first-order chi connectivity index (χ1) is 6.04. The maximum Gasteiger partial charge on any atom is 0.235 e. The zero-order chi connectivity index (χ0) is 9.47. The molecule has 0 aromatic rings. The molecule has 0 spiro atoms. The molecule has 2 fully saturated rings. The van der Waals surface area contributed by atoms with Crippen LogP contribution in [0, 0.1) is 5.92 Å². The van der Waals surface area contributed by atoms with E-state index < -0.39 is 9.05 Å². The lowest BCUT2D eigenvalue weighted by Crippen LogP contribution is -2.19. The van der Waals surface area contributed by atoms with Gasteiger partial charge in [0.2, 0.25) is 9.05 Å². The van der Waals surface area contributed by atoms with Gasteiger partial charge in [-0.1, -0.05) is 0 Å². The van der Waals surface area contributed by atoms with Crippen LogP contribution in [0.5, 0.6) is 0 Å². The molecule has 0 amide bonds. The minimum absolute atomic E-state index is 0.0300. The summed E-state index contributed by atoms with van der Waals surface area (Å²) in [7, 11) is 1.76. The van der Waals surface area contributed by atoms with Crippen LogP contribution in [0.4, 0.5) is 0 Å². The van der Waals surface area contributed by atoms with Crippen LogP contribution in [-0.2, 0) is 13.8 Å². The quantitative estimate of drug-likeness (QED) is 0.683. The first kappa shape index (κ1) is 9.74. The molecule has 2 aliphatic rings. The SMILES string of the molecule is O=S(=O)(Cl)CC1CCC(C2CC2)O1. The summed E-state index contributed by atoms with van der Waals surface area (Å²) in [5.74, 6) is 0.667. The normalized spacial score (nSPS) is 35.2. The Labute approximate surface area is 82.8 Å². The second-order valence-corrected chi connectivity index (χ2v) is 6.74. The van der Waals surface area contributed by atoms with E-state index in [0.29, 0.717) is 12.0 Å². The fourth-order valence-corrected chi connectivity index (χ4v) is 3.00. The van der Waals surface area contributed by atoms with Crippen molar-refractivity contribution in [2.75, 3.05) is 5.75 Å². The third kappa shape index (κ3) is 2.82. The van der Waals surface area contributed by atoms with Crippen molar-refractivity contribution in [1.82, 2.24) is 0 Å². The van der Waals surface area contributed by atoms with Crippen molar-refractivity contribution in [3.8, 4) is 0 Å². The summed E-state index contributed by atoms with van der Waals surface area (Å²) in [5, 5.41) is 0. The second kappa shape index (κ2) is 3.41. The first-order valence-electron chi connectivity index (χ1n) is 4.62. The number of rotatable bonds is 3. The predicted molar refractivity (Wildman–Crippen MR) is 50.3 cm³/mol. The summed E-state index contributed by atoms with van der Waals surface area (Å²) in [6.45, 7) is 0. The van der Waals surface area contributed by atoms with Gasteiger partial charge in [-0.2, -0.15) is 0 Å². The van der Waals surface area contributed by atoms with Crippen LogP contribution >= 0.6 is 10.7 Å². The average molecular weight is 225 g/mol. The van der Waals surface area contributed by atoms with E-state index in [9.17, 15) is 8.42 Å². The molecule has 5 heteroatoms. The summed E-state index contributed by atoms with van der Waals surface area (Å²) in [5.41, 5.74) is 0. The van der Waals surface area contributed by atoms with E-state index >= 15 is 0 Å². The van der Waals surface area contributed by atoms with Gasteiger partial charge < -0.3 is 4.74 Å². The maximum absolute atomic E-state index is 10.8. The maximum atomic E-state index is 10.8. The molecule has 0 aromatic heterocycles. The summed E-state index contributed by atoms with van der Waals surface area (Å²) in [6, 6.07) is 0. The summed E-state index contributed by atoms with van der Waals surface area (Å²) < 4.78 is 27.1. The Kier molecular flexibility index (Phi) is 2.55. The molecule has 2 rings (SSSR count). The summed E-state index contributed by atoms with van der Waals surface area (Å²) in [6.07, 6.45) is 4.47. The molecule has 0 aromatic carbocycles. The van der Waals surface area contributed by atoms with Crippen molar-refractivity contribution >= 4 is 19.7 Å². The van der Waals surface area contributed by atoms with Crippen molar-refractivity contribution in [3.05, 3.63) is 0 Å². The van der Waals surface area contributed by atoms with Gasteiger partial charge in [0.1, 0.15) is 0 Å². The van der Waals surface area contributed by atoms with Gasteiger partial charge in [0, 0.05) is 10.7 Å². The molecule has 13 heavy (non-hydrogen) atoms. The van der Waals surface area contributed by atoms with Crippen molar-refractivity contribution in [2.24, 2.45) is 5.92 Å². The van der Waals surface area contributed by atoms with Crippen LogP contribution in [0.1, 0.15) is 25.7 Å². The van der Waals surface area contributed by atoms with E-state index in [1.807, 2.05) is 0 Å². The molecule has 1 aliphatic heterocycles. The van der Waals surface area contributed by atoms with Gasteiger partial charge in [-0.3, -0.25) is 0 Å². The highest BCUT2D eigenvalue weighted by molar-refractivity contribution is 8.13. The largest absolute Gasteiger partial charge is 0.374 e. The molecule has 76 valence electrons. The van der Waals surface area contributed by atoms with Crippen molar-refractivity contribution < 1.29 is 13.2 Å². The Balaban J connectivity index is 1.84. The monoisotopic (exact) mass is 224 g/mol. The minimum Gasteiger partial charge on any atom is -0.374 e. The number of halogens is 1. The summed E-state index contributed by atoms with van der Waals surface area (Å²) >= 11 is 0. The molecule has 2 unspecified atom stereocenters. The molecular formula is C8H13ClO3S. The van der Waals surface area contributed by atoms with Crippen LogP contribution in [0.2, 0.25) is 0 Å². The van der Waals surface area contributed by atoms with Gasteiger partial charge in [0.05, 0.1) is 18.0 Å². The lowest BCUT2D eigenvalue weighted by Gasteiger charge is -2.10. The molecule has 1 aliphatic carbocycles. The van der Waals surface area contributed by atoms with Crippen molar-refractivity contribution in [3.63, 3.8) is 0 Å². The number of ether oxygens (including phenoxy) is 1. The first-order valence-corrected chi connectivity index (χ1v) is 7.10. The highest BCUT2D eigenvalue weighted by Crippen LogP contribution is 2.40. The Morgan fingerprint density at radius 3 is 2.46 bits per heavy atom. The van der Waals surface area contributed by atoms with Gasteiger partial charge in [0.25, 0.3) is 0 Å². The highest BCUT2D eigenvalue weighted by atomic mass is 35.7. The van der Waals surface area contributed by atoms with Crippen molar-refractivity contribution in [1.29, 1.82) is 0 Å². The Hall–Kier alpha value is 0.200. The van der Waals surface area contributed by atoms with E-state index in [1.165, 1.54) is 12.8 Å². The average Bonchev–Trinajstić information content (AvgIpc) is 2.72. The molecule has 1 heterocycles. The molecule has 0 radical (unpaired) electrons. The van der Waals surface area contributed by atoms with E-state index in [-0.39, 0.29) is 11.9 Å². The fraction of sp³-hybridized carbons (Fsp3) is 1.00. The molecule has 1 saturated heterocycles. The lowest BCUT2D eigenvalue weighted by molar-refractivity contribution is 0.0447. The van der Waals surface area contributed by atoms with Gasteiger partial charge >= 0.3 is 0 Å². The smallest absolute Gasteiger partial charge is 0.235 e. The third-order valence-electron chi connectivity index (χ3n) is 2.67. The minimum atomic E-state index is -3.39. The fourth-order valence-electron chi connectivity index (χ4n) is 1.89. The van der Waals surface area contributed by atoms with Gasteiger partial charge in [0.15, 0.2) is 0 Å². The Morgan fingerprint density at radius 1 is 1.23 bits per heavy atom. The third-order valence-corrected chi connectivity index (χ3v) is 3.82. The molecular weight excluding hydrogens is 212 g/mol.